The van der Waals surface area contributed by atoms with Gasteiger partial charge in [0.05, 0.1) is 38.6 Å². The number of aliphatic hydroxyl groups excluding tert-OH is 11. The number of amides is 1. The Morgan fingerprint density at radius 1 is 0.402 bits per heavy atom. The molecule has 0 aromatic heterocycles. The lowest BCUT2D eigenvalue weighted by molar-refractivity contribution is -0.379. The summed E-state index contributed by atoms with van der Waals surface area (Å²) >= 11 is 0. The number of nitrogens with one attached hydrogen (secondary N) is 1. The molecule has 1 amide bonds. The lowest BCUT2D eigenvalue weighted by atomic mass is 9.96. The monoisotopic (exact) mass is 1300 g/mol. The molecule has 0 spiro atoms. The minimum atomic E-state index is -1.99. The highest BCUT2D eigenvalue weighted by Crippen LogP contribution is 2.33. The zero-order valence-corrected chi connectivity index (χ0v) is 56.0. The van der Waals surface area contributed by atoms with Crippen molar-refractivity contribution in [2.45, 2.75) is 330 Å². The molecule has 3 fully saturated rings. The van der Waals surface area contributed by atoms with Crippen LogP contribution in [0.25, 0.3) is 0 Å². The molecule has 3 saturated heterocycles. The Labute approximate surface area is 552 Å². The first-order valence-corrected chi connectivity index (χ1v) is 35.5. The number of allylic oxidation sites excluding steroid dienone is 15. The highest BCUT2D eigenvalue weighted by molar-refractivity contribution is 5.76. The highest BCUT2D eigenvalue weighted by atomic mass is 16.8. The number of ether oxygens (including phenoxy) is 6. The fourth-order valence-electron chi connectivity index (χ4n) is 11.4. The average Bonchev–Trinajstić information content (AvgIpc) is 0.834. The van der Waals surface area contributed by atoms with Gasteiger partial charge in [0.1, 0.15) is 73.2 Å². The van der Waals surface area contributed by atoms with E-state index >= 15 is 0 Å². The first-order valence-electron chi connectivity index (χ1n) is 35.5. The SMILES string of the molecule is CC/C=C\C/C=C\C/C=C\C/C=C\C/C=C\C/C=C\CCCCCCCCCCCCC(=O)NC(COC1OC(CO)C(OC2OC(CO)C(OC3OC(CO)C(O)C(O)C3O)C(O)C2O)C(O)C1O)C(O)/C=C/CC/C=C/CCCCCCCCCCCCCC. The second-order valence-electron chi connectivity index (χ2n) is 25.0. The van der Waals surface area contributed by atoms with E-state index in [0.717, 1.165) is 89.9 Å². The minimum Gasteiger partial charge on any atom is -0.394 e. The zero-order valence-electron chi connectivity index (χ0n) is 56.0. The van der Waals surface area contributed by atoms with Gasteiger partial charge in [0.25, 0.3) is 0 Å². The first kappa shape index (κ1) is 82.9. The summed E-state index contributed by atoms with van der Waals surface area (Å²) in [6.45, 7) is 1.59. The lowest BCUT2D eigenvalue weighted by Crippen LogP contribution is -2.66. The summed E-state index contributed by atoms with van der Waals surface area (Å²) in [6, 6.07) is -0.999. The second-order valence-corrected chi connectivity index (χ2v) is 25.0. The topological polar surface area (TPSA) is 307 Å². The van der Waals surface area contributed by atoms with E-state index in [9.17, 15) is 61.0 Å². The summed E-state index contributed by atoms with van der Waals surface area (Å²) in [5, 5.41) is 121. The molecule has 19 nitrogen and oxygen atoms in total. The van der Waals surface area contributed by atoms with Crippen molar-refractivity contribution in [1.82, 2.24) is 5.32 Å². The van der Waals surface area contributed by atoms with E-state index in [1.807, 2.05) is 6.08 Å². The molecule has 12 N–H and O–H groups in total. The van der Waals surface area contributed by atoms with E-state index in [1.54, 1.807) is 6.08 Å². The lowest BCUT2D eigenvalue weighted by Gasteiger charge is -2.48. The molecule has 3 rings (SSSR count). The number of aliphatic hydroxyl groups is 11. The van der Waals surface area contributed by atoms with Crippen molar-refractivity contribution in [1.29, 1.82) is 0 Å². The average molecular weight is 1300 g/mol. The van der Waals surface area contributed by atoms with Crippen molar-refractivity contribution in [2.24, 2.45) is 0 Å². The molecule has 0 aromatic carbocycles. The van der Waals surface area contributed by atoms with Gasteiger partial charge in [-0.25, -0.2) is 0 Å². The molecule has 3 aliphatic heterocycles. The number of rotatable bonds is 53. The summed E-state index contributed by atoms with van der Waals surface area (Å²) < 4.78 is 34.3. The van der Waals surface area contributed by atoms with Crippen molar-refractivity contribution >= 4 is 5.91 Å². The van der Waals surface area contributed by atoms with E-state index < -0.39 is 124 Å². The van der Waals surface area contributed by atoms with Crippen LogP contribution >= 0.6 is 0 Å². The smallest absolute Gasteiger partial charge is 0.220 e. The molecule has 17 atom stereocenters. The first-order chi connectivity index (χ1) is 44.8. The Morgan fingerprint density at radius 3 is 1.22 bits per heavy atom. The van der Waals surface area contributed by atoms with Crippen LogP contribution in [0.5, 0.6) is 0 Å². The number of hydrogen-bond donors (Lipinski definition) is 12. The summed E-state index contributed by atoms with van der Waals surface area (Å²) in [7, 11) is 0. The Kier molecular flexibility index (Phi) is 48.5. The van der Waals surface area contributed by atoms with Crippen LogP contribution in [0.4, 0.5) is 0 Å². The van der Waals surface area contributed by atoms with Gasteiger partial charge in [-0.2, -0.15) is 0 Å². The van der Waals surface area contributed by atoms with Gasteiger partial charge < -0.3 is 89.9 Å². The summed E-state index contributed by atoms with van der Waals surface area (Å²) in [5.74, 6) is -0.294. The summed E-state index contributed by atoms with van der Waals surface area (Å²) in [5.41, 5.74) is 0. The maximum absolute atomic E-state index is 13.4. The molecule has 530 valence electrons. The van der Waals surface area contributed by atoms with Crippen LogP contribution in [-0.2, 0) is 33.2 Å². The molecule has 3 aliphatic rings. The molecule has 0 saturated carbocycles. The number of carbonyl (C=O) groups excluding carboxylic acids is 1. The van der Waals surface area contributed by atoms with Gasteiger partial charge >= 0.3 is 0 Å². The second kappa shape index (κ2) is 53.8. The standard InChI is InChI=1S/C73H125NO18/c1-3-5-7-9-11-13-15-17-19-21-23-24-25-26-27-28-29-30-31-32-33-35-37-39-41-43-45-47-49-51-61(79)74-56(57(78)50-48-46-44-42-40-38-36-34-22-20-18-16-14-12-10-8-6-4-2)55-87-71-67(85)64(82)69(59(53-76)89-71)92-73-68(86)65(83)70(60(54-77)90-73)91-72-66(84)63(81)62(80)58(52-75)88-72/h5,7,11,13,17,19,23-24,26-27,29-30,40,42,48,50,56-60,62-73,75-78,80-86H,3-4,6,8-10,12,14-16,18,20-22,25,28,31-39,41,43-47,49,51-55H2,1-2H3,(H,74,79)/b7-5-,13-11-,19-17-,24-23-,27-26-,30-29-,42-40+,50-48+. The van der Waals surface area contributed by atoms with Crippen molar-refractivity contribution < 1.29 is 89.4 Å². The highest BCUT2D eigenvalue weighted by Gasteiger charge is 2.53. The van der Waals surface area contributed by atoms with Crippen LogP contribution < -0.4 is 5.32 Å². The summed E-state index contributed by atoms with van der Waals surface area (Å²) in [6.07, 6.45) is 43.8. The normalized spacial score (nSPS) is 28.3. The molecular weight excluding hydrogens is 1180 g/mol. The van der Waals surface area contributed by atoms with Crippen LogP contribution in [0.2, 0.25) is 0 Å². The summed E-state index contributed by atoms with van der Waals surface area (Å²) in [4.78, 5) is 13.4. The molecule has 0 radical (unpaired) electrons. The Bertz CT molecular complexity index is 2040. The predicted molar refractivity (Wildman–Crippen MR) is 360 cm³/mol. The number of unbranched alkanes of at least 4 members (excludes halogenated alkanes) is 23. The molecule has 0 aromatic rings. The van der Waals surface area contributed by atoms with E-state index in [4.69, 9.17) is 28.4 Å². The quantitative estimate of drug-likeness (QED) is 0.0199. The largest absolute Gasteiger partial charge is 0.394 e. The Morgan fingerprint density at radius 2 is 0.761 bits per heavy atom. The Balaban J connectivity index is 1.43. The minimum absolute atomic E-state index is 0.224. The third-order valence-electron chi connectivity index (χ3n) is 17.1. The van der Waals surface area contributed by atoms with E-state index in [1.165, 1.54) is 103 Å². The van der Waals surface area contributed by atoms with Crippen LogP contribution in [0.15, 0.2) is 97.2 Å². The van der Waals surface area contributed by atoms with Crippen LogP contribution in [0, 0.1) is 0 Å². The van der Waals surface area contributed by atoms with Crippen molar-refractivity contribution in [3.05, 3.63) is 97.2 Å². The Hall–Kier alpha value is -3.29. The maximum Gasteiger partial charge on any atom is 0.220 e. The molecule has 3 heterocycles. The number of hydrogen-bond acceptors (Lipinski definition) is 18. The molecular formula is C73H125NO18. The third-order valence-corrected chi connectivity index (χ3v) is 17.1. The zero-order chi connectivity index (χ0) is 66.8. The van der Waals surface area contributed by atoms with Gasteiger partial charge in [0.15, 0.2) is 18.9 Å². The van der Waals surface area contributed by atoms with Gasteiger partial charge in [-0.1, -0.05) is 233 Å². The van der Waals surface area contributed by atoms with Gasteiger partial charge in [-0.3, -0.25) is 4.79 Å². The fourth-order valence-corrected chi connectivity index (χ4v) is 11.4. The molecule has 92 heavy (non-hydrogen) atoms. The van der Waals surface area contributed by atoms with Gasteiger partial charge in [-0.05, 0) is 83.5 Å². The van der Waals surface area contributed by atoms with E-state index in [0.29, 0.717) is 12.8 Å². The van der Waals surface area contributed by atoms with Crippen molar-refractivity contribution in [3.8, 4) is 0 Å². The van der Waals surface area contributed by atoms with Gasteiger partial charge in [0.2, 0.25) is 5.91 Å². The van der Waals surface area contributed by atoms with Gasteiger partial charge in [0, 0.05) is 6.42 Å². The fraction of sp³-hybridized carbons (Fsp3) is 0.767. The van der Waals surface area contributed by atoms with Gasteiger partial charge in [-0.15, -0.1) is 0 Å². The van der Waals surface area contributed by atoms with E-state index in [2.05, 4.69) is 104 Å². The van der Waals surface area contributed by atoms with Crippen molar-refractivity contribution in [3.63, 3.8) is 0 Å². The van der Waals surface area contributed by atoms with Crippen molar-refractivity contribution in [2.75, 3.05) is 26.4 Å². The van der Waals surface area contributed by atoms with Crippen LogP contribution in [0.3, 0.4) is 0 Å². The number of carbonyl (C=O) groups is 1. The maximum atomic E-state index is 13.4. The molecule has 17 unspecified atom stereocenters. The molecule has 0 bridgehead atoms. The third kappa shape index (κ3) is 35.1. The predicted octanol–water partition coefficient (Wildman–Crippen LogP) is 9.66. The molecule has 19 heteroatoms. The van der Waals surface area contributed by atoms with Crippen LogP contribution in [-0.4, -0.2) is 193 Å². The van der Waals surface area contributed by atoms with E-state index in [-0.39, 0.29) is 18.9 Å². The molecule has 0 aliphatic carbocycles. The van der Waals surface area contributed by atoms with Crippen LogP contribution in [0.1, 0.15) is 226 Å².